The molecule has 0 aromatic heterocycles. The van der Waals surface area contributed by atoms with Gasteiger partial charge in [-0.15, -0.1) is 0 Å². The average molecular weight is 253 g/mol. The largest absolute Gasteiger partial charge is 0.488 e. The van der Waals surface area contributed by atoms with Crippen molar-refractivity contribution in [2.75, 3.05) is 7.11 Å². The first-order chi connectivity index (χ1) is 8.46. The number of fused-ring (bicyclic) bond motifs is 1. The molecule has 0 unspecified atom stereocenters. The number of hydrogen-bond acceptors (Lipinski definition) is 6. The van der Waals surface area contributed by atoms with E-state index >= 15 is 0 Å². The molecule has 6 nitrogen and oxygen atoms in total. The van der Waals surface area contributed by atoms with Crippen LogP contribution in [-0.2, 0) is 23.7 Å². The lowest BCUT2D eigenvalue weighted by atomic mass is 10.1. The highest BCUT2D eigenvalue weighted by Gasteiger charge is 2.53. The molecular formula is C12H15NO5. The molecule has 2 aliphatic heterocycles. The minimum Gasteiger partial charge on any atom is -0.488 e. The number of hydrogen-bond donors (Lipinski definition) is 0. The van der Waals surface area contributed by atoms with Gasteiger partial charge in [-0.1, -0.05) is 0 Å². The summed E-state index contributed by atoms with van der Waals surface area (Å²) in [6, 6.07) is 2.03. The predicted molar refractivity (Wildman–Crippen MR) is 59.0 cm³/mol. The molecule has 0 radical (unpaired) electrons. The van der Waals surface area contributed by atoms with Crippen molar-refractivity contribution >= 4 is 5.97 Å². The van der Waals surface area contributed by atoms with Gasteiger partial charge in [0.05, 0.1) is 25.7 Å². The van der Waals surface area contributed by atoms with Crippen LogP contribution in [0.5, 0.6) is 0 Å². The fourth-order valence-electron chi connectivity index (χ4n) is 2.13. The van der Waals surface area contributed by atoms with Crippen LogP contribution in [0.15, 0.2) is 11.8 Å². The third-order valence-corrected chi connectivity index (χ3v) is 2.82. The van der Waals surface area contributed by atoms with Gasteiger partial charge in [0.2, 0.25) is 0 Å². The molecule has 6 heteroatoms. The highest BCUT2D eigenvalue weighted by Crippen LogP contribution is 2.41. The van der Waals surface area contributed by atoms with Crippen molar-refractivity contribution in [3.8, 4) is 6.07 Å². The molecular weight excluding hydrogens is 238 g/mol. The van der Waals surface area contributed by atoms with E-state index < -0.39 is 24.0 Å². The number of esters is 1. The number of carbonyl (C=O) groups is 1. The molecule has 2 fully saturated rings. The molecule has 0 aliphatic carbocycles. The molecule has 98 valence electrons. The SMILES string of the molecule is COC(=O)/C=C1\O[C@@H](CC#N)[C@H]2OC(C)(C)O[C@@H]12. The Morgan fingerprint density at radius 1 is 1.56 bits per heavy atom. The molecule has 2 aliphatic rings. The lowest BCUT2D eigenvalue weighted by molar-refractivity contribution is -0.166. The van der Waals surface area contributed by atoms with E-state index in [2.05, 4.69) is 4.74 Å². The van der Waals surface area contributed by atoms with Crippen LogP contribution in [0, 0.1) is 11.3 Å². The Bertz CT molecular complexity index is 423. The highest BCUT2D eigenvalue weighted by atomic mass is 16.8. The van der Waals surface area contributed by atoms with Gasteiger partial charge in [0.15, 0.2) is 5.79 Å². The number of nitriles is 1. The summed E-state index contributed by atoms with van der Waals surface area (Å²) in [6.45, 7) is 3.56. The van der Waals surface area contributed by atoms with Gasteiger partial charge in [0, 0.05) is 0 Å². The first kappa shape index (κ1) is 12.9. The maximum atomic E-state index is 11.2. The summed E-state index contributed by atoms with van der Waals surface area (Å²) in [6.07, 6.45) is 0.171. The van der Waals surface area contributed by atoms with Crippen LogP contribution in [0.2, 0.25) is 0 Å². The van der Waals surface area contributed by atoms with Gasteiger partial charge >= 0.3 is 5.97 Å². The molecule has 0 aromatic rings. The highest BCUT2D eigenvalue weighted by molar-refractivity contribution is 5.82. The Morgan fingerprint density at radius 2 is 2.28 bits per heavy atom. The molecule has 0 saturated carbocycles. The van der Waals surface area contributed by atoms with Gasteiger partial charge in [-0.25, -0.2) is 4.79 Å². The van der Waals surface area contributed by atoms with Gasteiger partial charge in [-0.3, -0.25) is 0 Å². The normalized spacial score (nSPS) is 34.8. The molecule has 18 heavy (non-hydrogen) atoms. The smallest absolute Gasteiger partial charge is 0.333 e. The van der Waals surface area contributed by atoms with Crippen molar-refractivity contribution in [1.82, 2.24) is 0 Å². The number of carbonyl (C=O) groups excluding carboxylic acids is 1. The van der Waals surface area contributed by atoms with E-state index in [0.717, 1.165) is 0 Å². The van der Waals surface area contributed by atoms with Gasteiger partial charge in [0.1, 0.15) is 24.1 Å². The van der Waals surface area contributed by atoms with Gasteiger partial charge in [-0.05, 0) is 13.8 Å². The van der Waals surface area contributed by atoms with E-state index in [1.807, 2.05) is 6.07 Å². The summed E-state index contributed by atoms with van der Waals surface area (Å²) < 4.78 is 21.4. The first-order valence-electron chi connectivity index (χ1n) is 5.65. The average Bonchev–Trinajstić information content (AvgIpc) is 2.76. The van der Waals surface area contributed by atoms with Crippen LogP contribution < -0.4 is 0 Å². The molecule has 0 aromatic carbocycles. The summed E-state index contributed by atoms with van der Waals surface area (Å²) in [7, 11) is 1.29. The van der Waals surface area contributed by atoms with E-state index in [0.29, 0.717) is 5.76 Å². The van der Waals surface area contributed by atoms with Crippen LogP contribution >= 0.6 is 0 Å². The fraction of sp³-hybridized carbons (Fsp3) is 0.667. The summed E-state index contributed by atoms with van der Waals surface area (Å²) in [5.41, 5.74) is 0. The Labute approximate surface area is 105 Å². The number of ether oxygens (including phenoxy) is 4. The third-order valence-electron chi connectivity index (χ3n) is 2.82. The zero-order valence-electron chi connectivity index (χ0n) is 10.5. The minimum atomic E-state index is -0.748. The second kappa shape index (κ2) is 4.59. The van der Waals surface area contributed by atoms with Crippen molar-refractivity contribution in [1.29, 1.82) is 5.26 Å². The summed E-state index contributed by atoms with van der Waals surface area (Å²) in [5, 5.41) is 8.75. The topological polar surface area (TPSA) is 77.8 Å². The van der Waals surface area contributed by atoms with E-state index in [-0.39, 0.29) is 12.5 Å². The molecule has 2 rings (SSSR count). The Morgan fingerprint density at radius 3 is 2.89 bits per heavy atom. The van der Waals surface area contributed by atoms with Crippen LogP contribution in [0.25, 0.3) is 0 Å². The van der Waals surface area contributed by atoms with Gasteiger partial charge in [-0.2, -0.15) is 5.26 Å². The molecule has 3 atom stereocenters. The lowest BCUT2D eigenvalue weighted by Crippen LogP contribution is -2.29. The second-order valence-corrected chi connectivity index (χ2v) is 4.61. The van der Waals surface area contributed by atoms with Crippen molar-refractivity contribution in [2.45, 2.75) is 44.4 Å². The van der Waals surface area contributed by atoms with E-state index in [1.54, 1.807) is 13.8 Å². The van der Waals surface area contributed by atoms with E-state index in [9.17, 15) is 4.79 Å². The molecule has 0 spiro atoms. The second-order valence-electron chi connectivity index (χ2n) is 4.61. The Hall–Kier alpha value is -1.58. The standard InChI is InChI=1S/C12H15NO5/c1-12(2)17-10-7(4-5-13)16-8(11(10)18-12)6-9(14)15-3/h6-7,10-11H,4H2,1-3H3/b8-6-/t7-,10+,11-/m0/s1. The molecule has 2 saturated heterocycles. The van der Waals surface area contributed by atoms with Crippen LogP contribution in [0.1, 0.15) is 20.3 Å². The van der Waals surface area contributed by atoms with Crippen LogP contribution in [0.3, 0.4) is 0 Å². The van der Waals surface area contributed by atoms with Crippen LogP contribution in [0.4, 0.5) is 0 Å². The Balaban J connectivity index is 2.22. The maximum Gasteiger partial charge on any atom is 0.333 e. The van der Waals surface area contributed by atoms with Crippen molar-refractivity contribution in [3.05, 3.63) is 11.8 Å². The van der Waals surface area contributed by atoms with Gasteiger partial charge in [0.25, 0.3) is 0 Å². The summed E-state index contributed by atoms with van der Waals surface area (Å²) >= 11 is 0. The van der Waals surface area contributed by atoms with Crippen molar-refractivity contribution < 1.29 is 23.7 Å². The first-order valence-corrected chi connectivity index (χ1v) is 5.65. The molecule has 2 heterocycles. The number of rotatable bonds is 2. The monoisotopic (exact) mass is 253 g/mol. The van der Waals surface area contributed by atoms with E-state index in [1.165, 1.54) is 13.2 Å². The molecule has 0 amide bonds. The van der Waals surface area contributed by atoms with Crippen molar-refractivity contribution in [3.63, 3.8) is 0 Å². The van der Waals surface area contributed by atoms with E-state index in [4.69, 9.17) is 19.5 Å². The number of methoxy groups -OCH3 is 1. The van der Waals surface area contributed by atoms with Crippen molar-refractivity contribution in [2.24, 2.45) is 0 Å². The quantitative estimate of drug-likeness (QED) is 0.537. The lowest BCUT2D eigenvalue weighted by Gasteiger charge is -2.21. The zero-order valence-corrected chi connectivity index (χ0v) is 10.5. The zero-order chi connectivity index (χ0) is 13.3. The Kier molecular flexibility index (Phi) is 3.28. The third kappa shape index (κ3) is 2.33. The minimum absolute atomic E-state index is 0.180. The van der Waals surface area contributed by atoms with Gasteiger partial charge < -0.3 is 18.9 Å². The molecule has 0 bridgehead atoms. The fourth-order valence-corrected chi connectivity index (χ4v) is 2.13. The van der Waals surface area contributed by atoms with Crippen LogP contribution in [-0.4, -0.2) is 37.2 Å². The summed E-state index contributed by atoms with van der Waals surface area (Å²) in [5.74, 6) is -0.908. The number of nitrogens with zero attached hydrogens (tertiary/aromatic N) is 1. The summed E-state index contributed by atoms with van der Waals surface area (Å²) in [4.78, 5) is 11.2. The maximum absolute atomic E-state index is 11.2. The predicted octanol–water partition coefficient (Wildman–Crippen LogP) is 0.876. The molecule has 0 N–H and O–H groups in total.